The van der Waals surface area contributed by atoms with Crippen molar-refractivity contribution in [2.45, 2.75) is 24.5 Å². The zero-order valence-corrected chi connectivity index (χ0v) is 19.9. The minimum Gasteiger partial charge on any atom is -0.504 e. The molecule has 0 saturated carbocycles. The van der Waals surface area contributed by atoms with Crippen LogP contribution in [0.5, 0.6) is 34.5 Å². The van der Waals surface area contributed by atoms with Gasteiger partial charge in [0.15, 0.2) is 34.5 Å². The fraction of sp³-hybridized carbons (Fsp3) is 0.148. The predicted molar refractivity (Wildman–Crippen MR) is 132 cm³/mol. The Hall–Kier alpha value is -5.39. The number of carbonyl (C=O) groups is 3. The average Bonchev–Trinajstić information content (AvgIpc) is 3.29. The fourth-order valence-corrected chi connectivity index (χ4v) is 4.22. The largest absolute Gasteiger partial charge is 0.504 e. The van der Waals surface area contributed by atoms with Crippen LogP contribution in [0.4, 0.5) is 0 Å². The lowest BCUT2D eigenvalue weighted by atomic mass is 9.87. The third kappa shape index (κ3) is 5.49. The van der Waals surface area contributed by atoms with Gasteiger partial charge in [0.05, 0.1) is 0 Å². The highest BCUT2D eigenvalue weighted by atomic mass is 16.6. The topological polar surface area (TPSA) is 211 Å². The van der Waals surface area contributed by atoms with Crippen LogP contribution in [0.2, 0.25) is 0 Å². The van der Waals surface area contributed by atoms with Crippen molar-refractivity contribution < 1.29 is 59.6 Å². The first-order valence-corrected chi connectivity index (χ1v) is 11.4. The third-order valence-corrected chi connectivity index (χ3v) is 6.05. The summed E-state index contributed by atoms with van der Waals surface area (Å²) in [6.45, 7) is 0. The van der Waals surface area contributed by atoms with Crippen molar-refractivity contribution in [1.82, 2.24) is 0 Å². The Morgan fingerprint density at radius 2 is 1.49 bits per heavy atom. The second-order valence-electron chi connectivity index (χ2n) is 8.64. The molecule has 0 aliphatic carbocycles. The van der Waals surface area contributed by atoms with E-state index in [1.54, 1.807) is 0 Å². The van der Waals surface area contributed by atoms with Gasteiger partial charge in [-0.15, -0.1) is 0 Å². The molecule has 0 fully saturated rings. The van der Waals surface area contributed by atoms with Gasteiger partial charge in [0.1, 0.15) is 12.0 Å². The third-order valence-electron chi connectivity index (χ3n) is 6.05. The molecule has 1 aliphatic rings. The molecule has 202 valence electrons. The molecule has 39 heavy (non-hydrogen) atoms. The summed E-state index contributed by atoms with van der Waals surface area (Å²) < 4.78 is 11.2. The molecule has 1 heterocycles. The van der Waals surface area contributed by atoms with Gasteiger partial charge < -0.3 is 45.2 Å². The number of aliphatic carboxylic acids is 2. The number of carbonyl (C=O) groups excluding carboxylic acids is 1. The number of phenolic OH excluding ortho intramolecular Hbond substituents is 5. The molecule has 0 radical (unpaired) electrons. The maximum absolute atomic E-state index is 13.6. The summed E-state index contributed by atoms with van der Waals surface area (Å²) in [7, 11) is 0. The normalized spacial score (nSPS) is 16.8. The van der Waals surface area contributed by atoms with Crippen LogP contribution >= 0.6 is 0 Å². The molecule has 12 nitrogen and oxygen atoms in total. The van der Waals surface area contributed by atoms with Crippen molar-refractivity contribution in [3.05, 3.63) is 76.9 Å². The minimum atomic E-state index is -1.75. The maximum atomic E-state index is 13.6. The van der Waals surface area contributed by atoms with Crippen molar-refractivity contribution in [3.8, 4) is 34.5 Å². The van der Waals surface area contributed by atoms with Crippen LogP contribution in [-0.2, 0) is 25.5 Å². The Kier molecular flexibility index (Phi) is 7.20. The first kappa shape index (κ1) is 26.7. The van der Waals surface area contributed by atoms with Crippen molar-refractivity contribution in [2.75, 3.05) is 0 Å². The molecule has 0 unspecified atom stereocenters. The molecule has 7 N–H and O–H groups in total. The number of carboxylic acid groups (broad SMARTS) is 2. The summed E-state index contributed by atoms with van der Waals surface area (Å²) in [6, 6.07) is 9.74. The monoisotopic (exact) mass is 538 g/mol. The van der Waals surface area contributed by atoms with Gasteiger partial charge in [-0.1, -0.05) is 18.2 Å². The smallest absolute Gasteiger partial charge is 0.345 e. The number of hydrogen-bond acceptors (Lipinski definition) is 10. The number of aromatic hydroxyl groups is 5. The number of phenols is 5. The van der Waals surface area contributed by atoms with E-state index in [0.29, 0.717) is 0 Å². The van der Waals surface area contributed by atoms with E-state index in [9.17, 15) is 45.0 Å². The maximum Gasteiger partial charge on any atom is 0.345 e. The van der Waals surface area contributed by atoms with Gasteiger partial charge in [0.2, 0.25) is 6.10 Å². The number of fused-ring (bicyclic) bond motifs is 1. The van der Waals surface area contributed by atoms with Crippen molar-refractivity contribution in [1.29, 1.82) is 0 Å². The van der Waals surface area contributed by atoms with Crippen LogP contribution in [0.1, 0.15) is 34.3 Å². The van der Waals surface area contributed by atoms with Gasteiger partial charge in [0, 0.05) is 18.1 Å². The second kappa shape index (κ2) is 10.5. The molecule has 0 amide bonds. The number of ether oxygens (including phenoxy) is 2. The Bertz CT molecular complexity index is 1490. The quantitative estimate of drug-likeness (QED) is 0.125. The first-order valence-electron chi connectivity index (χ1n) is 11.4. The van der Waals surface area contributed by atoms with Gasteiger partial charge >= 0.3 is 17.9 Å². The van der Waals surface area contributed by atoms with Crippen molar-refractivity contribution in [3.63, 3.8) is 0 Å². The van der Waals surface area contributed by atoms with Gasteiger partial charge in [0.25, 0.3) is 0 Å². The predicted octanol–water partition coefficient (Wildman–Crippen LogP) is 2.77. The number of rotatable bonds is 8. The SMILES string of the molecule is O=C(O)C=Cc1ccc(O)c2c1[C@@H](C(=O)O[C@@H](Cc1ccc(O)c(O)c1)C(=O)O)[C@@H](c1ccc(O)c(O)c1)O2. The van der Waals surface area contributed by atoms with E-state index in [0.717, 1.165) is 36.4 Å². The molecule has 3 aromatic carbocycles. The van der Waals surface area contributed by atoms with Gasteiger partial charge in [-0.2, -0.15) is 0 Å². The average molecular weight is 538 g/mol. The molecule has 12 heteroatoms. The summed E-state index contributed by atoms with van der Waals surface area (Å²) in [5.74, 6) is -7.87. The van der Waals surface area contributed by atoms with Crippen LogP contribution < -0.4 is 4.74 Å². The van der Waals surface area contributed by atoms with Crippen LogP contribution in [0, 0.1) is 0 Å². The highest BCUT2D eigenvalue weighted by molar-refractivity contribution is 5.90. The van der Waals surface area contributed by atoms with Crippen molar-refractivity contribution in [2.24, 2.45) is 0 Å². The zero-order chi connectivity index (χ0) is 28.4. The summed E-state index contributed by atoms with van der Waals surface area (Å²) >= 11 is 0. The summed E-state index contributed by atoms with van der Waals surface area (Å²) in [6.07, 6.45) is -1.46. The lowest BCUT2D eigenvalue weighted by Crippen LogP contribution is -2.32. The summed E-state index contributed by atoms with van der Waals surface area (Å²) in [5, 5.41) is 68.3. The Balaban J connectivity index is 1.77. The van der Waals surface area contributed by atoms with E-state index in [1.807, 2.05) is 0 Å². The number of hydrogen-bond donors (Lipinski definition) is 7. The minimum absolute atomic E-state index is 0.0153. The number of carboxylic acids is 2. The van der Waals surface area contributed by atoms with Gasteiger partial charge in [-0.3, -0.25) is 4.79 Å². The highest BCUT2D eigenvalue weighted by Gasteiger charge is 2.45. The molecule has 4 rings (SSSR count). The lowest BCUT2D eigenvalue weighted by Gasteiger charge is -2.22. The van der Waals surface area contributed by atoms with E-state index >= 15 is 0 Å². The Morgan fingerprint density at radius 1 is 0.846 bits per heavy atom. The highest BCUT2D eigenvalue weighted by Crippen LogP contribution is 2.53. The molecule has 0 spiro atoms. The number of esters is 1. The number of benzene rings is 3. The van der Waals surface area contributed by atoms with Crippen molar-refractivity contribution >= 4 is 24.0 Å². The lowest BCUT2D eigenvalue weighted by molar-refractivity contribution is -0.166. The van der Waals surface area contributed by atoms with Gasteiger partial charge in [-0.25, -0.2) is 9.59 Å². The molecule has 0 bridgehead atoms. The van der Waals surface area contributed by atoms with E-state index in [1.165, 1.54) is 24.3 Å². The molecule has 3 atom stereocenters. The first-order chi connectivity index (χ1) is 18.5. The van der Waals surface area contributed by atoms with E-state index in [2.05, 4.69) is 0 Å². The van der Waals surface area contributed by atoms with Crippen LogP contribution in [0.15, 0.2) is 54.6 Å². The van der Waals surface area contributed by atoms with E-state index in [4.69, 9.17) is 14.6 Å². The van der Waals surface area contributed by atoms with Crippen LogP contribution in [-0.4, -0.2) is 59.8 Å². The van der Waals surface area contributed by atoms with Crippen LogP contribution in [0.25, 0.3) is 6.08 Å². The summed E-state index contributed by atoms with van der Waals surface area (Å²) in [5.41, 5.74) is 0.567. The molecule has 0 saturated heterocycles. The van der Waals surface area contributed by atoms with E-state index in [-0.39, 0.29) is 34.4 Å². The molecule has 0 aromatic heterocycles. The van der Waals surface area contributed by atoms with Crippen LogP contribution in [0.3, 0.4) is 0 Å². The second-order valence-corrected chi connectivity index (χ2v) is 8.64. The van der Waals surface area contributed by atoms with Gasteiger partial charge in [-0.05, 0) is 53.1 Å². The standard InChI is InChI=1S/C27H22O12/c28-15-5-1-12(9-18(15)31)10-20(26(35)36)38-27(37)23-22-13(4-8-21(33)34)2-7-17(30)25(22)39-24(23)14-3-6-16(29)19(32)11-14/h1-9,11,20,23-24,28-32H,10H2,(H,33,34)(H,35,36)/t20-,23+,24+/m0/s1. The van der Waals surface area contributed by atoms with E-state index < -0.39 is 64.8 Å². The molecule has 1 aliphatic heterocycles. The Morgan fingerprint density at radius 3 is 2.10 bits per heavy atom. The summed E-state index contributed by atoms with van der Waals surface area (Å²) in [4.78, 5) is 36.7. The molecular weight excluding hydrogens is 516 g/mol. The molecule has 3 aromatic rings. The zero-order valence-electron chi connectivity index (χ0n) is 19.9. The fourth-order valence-electron chi connectivity index (χ4n) is 4.22. The molecular formula is C27H22O12. The Labute approximate surface area is 219 Å².